The number of fused-ring (bicyclic) bond motifs is 1. The van der Waals surface area contributed by atoms with Gasteiger partial charge in [0.15, 0.2) is 0 Å². The standard InChI is InChI=1S/C21H22N2O4S/c1-14-3-8-18-17(11-14)19(12-20(24)23-18)28-16-6-4-15(5-7-16)22-21(25)13-27-10-9-26-2/h3-8,11-12H,9-10,13H2,1-2H3,(H,22,25)(H,23,24). The van der Waals surface area contributed by atoms with Crippen LogP contribution in [0, 0.1) is 6.92 Å². The van der Waals surface area contributed by atoms with Crippen molar-refractivity contribution in [1.82, 2.24) is 4.98 Å². The van der Waals surface area contributed by atoms with Gasteiger partial charge in [-0.1, -0.05) is 23.4 Å². The van der Waals surface area contributed by atoms with Crippen LogP contribution in [0.4, 0.5) is 5.69 Å². The van der Waals surface area contributed by atoms with Crippen molar-refractivity contribution in [2.45, 2.75) is 16.7 Å². The van der Waals surface area contributed by atoms with Gasteiger partial charge in [0.05, 0.1) is 13.2 Å². The lowest BCUT2D eigenvalue weighted by Gasteiger charge is -2.09. The predicted octanol–water partition coefficient (Wildman–Crippen LogP) is 3.59. The summed E-state index contributed by atoms with van der Waals surface area (Å²) in [6.07, 6.45) is 0. The normalized spacial score (nSPS) is 10.9. The third kappa shape index (κ3) is 5.45. The number of nitrogens with one attached hydrogen (secondary N) is 2. The number of aromatic amines is 1. The van der Waals surface area contributed by atoms with Crippen molar-refractivity contribution in [1.29, 1.82) is 0 Å². The zero-order valence-electron chi connectivity index (χ0n) is 15.8. The molecule has 1 heterocycles. The van der Waals surface area contributed by atoms with Crippen LogP contribution in [-0.4, -0.2) is 37.8 Å². The van der Waals surface area contributed by atoms with Gasteiger partial charge in [-0.25, -0.2) is 0 Å². The molecule has 28 heavy (non-hydrogen) atoms. The van der Waals surface area contributed by atoms with Crippen molar-refractivity contribution >= 4 is 34.3 Å². The number of benzene rings is 2. The first kappa shape index (κ1) is 20.1. The first-order chi connectivity index (χ1) is 13.5. The topological polar surface area (TPSA) is 80.4 Å². The van der Waals surface area contributed by atoms with E-state index in [0.717, 1.165) is 26.3 Å². The van der Waals surface area contributed by atoms with Gasteiger partial charge in [-0.05, 0) is 43.3 Å². The molecule has 0 unspecified atom stereocenters. The van der Waals surface area contributed by atoms with Crippen molar-refractivity contribution in [3.8, 4) is 0 Å². The van der Waals surface area contributed by atoms with Crippen LogP contribution in [0.5, 0.6) is 0 Å². The number of aryl methyl sites for hydroxylation is 1. The van der Waals surface area contributed by atoms with Crippen LogP contribution < -0.4 is 10.9 Å². The van der Waals surface area contributed by atoms with Crippen LogP contribution in [0.15, 0.2) is 63.1 Å². The predicted molar refractivity (Wildman–Crippen MR) is 111 cm³/mol. The van der Waals surface area contributed by atoms with E-state index in [2.05, 4.69) is 16.4 Å². The number of carbonyl (C=O) groups is 1. The minimum Gasteiger partial charge on any atom is -0.382 e. The molecule has 3 rings (SSSR count). The number of anilines is 1. The Hall–Kier alpha value is -2.61. The van der Waals surface area contributed by atoms with Gasteiger partial charge in [0, 0.05) is 39.6 Å². The van der Waals surface area contributed by atoms with Crippen molar-refractivity contribution in [2.24, 2.45) is 0 Å². The fourth-order valence-corrected chi connectivity index (χ4v) is 3.63. The number of aromatic nitrogens is 1. The second-order valence-corrected chi connectivity index (χ2v) is 7.38. The maximum atomic E-state index is 11.9. The van der Waals surface area contributed by atoms with E-state index in [-0.39, 0.29) is 18.1 Å². The van der Waals surface area contributed by atoms with E-state index in [1.165, 1.54) is 11.8 Å². The van der Waals surface area contributed by atoms with E-state index in [4.69, 9.17) is 9.47 Å². The number of carbonyl (C=O) groups excluding carboxylic acids is 1. The third-order valence-corrected chi connectivity index (χ3v) is 5.06. The lowest BCUT2D eigenvalue weighted by Crippen LogP contribution is -2.19. The molecule has 6 nitrogen and oxygen atoms in total. The molecule has 0 aliphatic carbocycles. The zero-order chi connectivity index (χ0) is 19.9. The van der Waals surface area contributed by atoms with Crippen molar-refractivity contribution < 1.29 is 14.3 Å². The molecular formula is C21H22N2O4S. The molecule has 3 aromatic rings. The molecule has 0 saturated carbocycles. The highest BCUT2D eigenvalue weighted by atomic mass is 32.2. The molecular weight excluding hydrogens is 376 g/mol. The van der Waals surface area contributed by atoms with E-state index in [9.17, 15) is 9.59 Å². The SMILES string of the molecule is COCCOCC(=O)Nc1ccc(Sc2cc(=O)[nH]c3ccc(C)cc23)cc1. The second kappa shape index (κ2) is 9.54. The molecule has 0 spiro atoms. The summed E-state index contributed by atoms with van der Waals surface area (Å²) in [4.78, 5) is 28.5. The van der Waals surface area contributed by atoms with Crippen LogP contribution in [0.1, 0.15) is 5.56 Å². The maximum Gasteiger partial charge on any atom is 0.250 e. The Morgan fingerprint density at radius 1 is 1.11 bits per heavy atom. The van der Waals surface area contributed by atoms with Gasteiger partial charge >= 0.3 is 0 Å². The Labute approximate surface area is 167 Å². The molecule has 1 aromatic heterocycles. The van der Waals surface area contributed by atoms with E-state index in [0.29, 0.717) is 18.9 Å². The molecule has 0 bridgehead atoms. The first-order valence-electron chi connectivity index (χ1n) is 8.83. The summed E-state index contributed by atoms with van der Waals surface area (Å²) in [5.41, 5.74) is 2.51. The van der Waals surface area contributed by atoms with Crippen LogP contribution >= 0.6 is 11.8 Å². The number of hydrogen-bond acceptors (Lipinski definition) is 5. The monoisotopic (exact) mass is 398 g/mol. The average molecular weight is 398 g/mol. The number of hydrogen-bond donors (Lipinski definition) is 2. The molecule has 0 radical (unpaired) electrons. The quantitative estimate of drug-likeness (QED) is 0.567. The lowest BCUT2D eigenvalue weighted by atomic mass is 10.1. The summed E-state index contributed by atoms with van der Waals surface area (Å²) < 4.78 is 10.1. The molecule has 1 amide bonds. The van der Waals surface area contributed by atoms with Gasteiger partial charge in [0.25, 0.3) is 0 Å². The van der Waals surface area contributed by atoms with Crippen LogP contribution in [0.2, 0.25) is 0 Å². The highest BCUT2D eigenvalue weighted by molar-refractivity contribution is 7.99. The Bertz CT molecular complexity index is 1020. The van der Waals surface area contributed by atoms with Gasteiger partial charge in [0.1, 0.15) is 6.61 Å². The number of H-pyrrole nitrogens is 1. The van der Waals surface area contributed by atoms with Gasteiger partial charge in [-0.3, -0.25) is 9.59 Å². The Kier molecular flexibility index (Phi) is 6.86. The maximum absolute atomic E-state index is 11.9. The van der Waals surface area contributed by atoms with E-state index in [1.807, 2.05) is 43.3 Å². The summed E-state index contributed by atoms with van der Waals surface area (Å²) in [7, 11) is 1.58. The number of pyridine rings is 1. The first-order valence-corrected chi connectivity index (χ1v) is 9.65. The fraction of sp³-hybridized carbons (Fsp3) is 0.238. The van der Waals surface area contributed by atoms with E-state index < -0.39 is 0 Å². The van der Waals surface area contributed by atoms with Crippen LogP contribution in [-0.2, 0) is 14.3 Å². The smallest absolute Gasteiger partial charge is 0.250 e. The largest absolute Gasteiger partial charge is 0.382 e. The molecule has 7 heteroatoms. The molecule has 0 aliphatic heterocycles. The lowest BCUT2D eigenvalue weighted by molar-refractivity contribution is -0.121. The summed E-state index contributed by atoms with van der Waals surface area (Å²) in [5, 5.41) is 3.80. The molecule has 146 valence electrons. The minimum absolute atomic E-state index is 0.0159. The van der Waals surface area contributed by atoms with Gasteiger partial charge in [-0.2, -0.15) is 0 Å². The summed E-state index contributed by atoms with van der Waals surface area (Å²) in [6, 6.07) is 15.0. The molecule has 0 aliphatic rings. The molecule has 0 atom stereocenters. The summed E-state index contributed by atoms with van der Waals surface area (Å²) in [5.74, 6) is -0.215. The minimum atomic E-state index is -0.215. The van der Waals surface area contributed by atoms with Crippen molar-refractivity contribution in [3.63, 3.8) is 0 Å². The summed E-state index contributed by atoms with van der Waals surface area (Å²) in [6.45, 7) is 2.84. The number of rotatable bonds is 8. The number of amides is 1. The van der Waals surface area contributed by atoms with Crippen molar-refractivity contribution in [3.05, 3.63) is 64.4 Å². The molecule has 2 N–H and O–H groups in total. The number of ether oxygens (including phenoxy) is 2. The Morgan fingerprint density at radius 2 is 1.89 bits per heavy atom. The average Bonchev–Trinajstić information content (AvgIpc) is 2.67. The fourth-order valence-electron chi connectivity index (χ4n) is 2.66. The van der Waals surface area contributed by atoms with Crippen LogP contribution in [0.25, 0.3) is 10.9 Å². The molecule has 0 fully saturated rings. The highest BCUT2D eigenvalue weighted by Crippen LogP contribution is 2.32. The van der Waals surface area contributed by atoms with Gasteiger partial charge in [-0.15, -0.1) is 0 Å². The third-order valence-electron chi connectivity index (χ3n) is 3.99. The Morgan fingerprint density at radius 3 is 2.64 bits per heavy atom. The second-order valence-electron chi connectivity index (χ2n) is 6.27. The number of methoxy groups -OCH3 is 1. The van der Waals surface area contributed by atoms with E-state index in [1.54, 1.807) is 13.2 Å². The van der Waals surface area contributed by atoms with E-state index >= 15 is 0 Å². The highest BCUT2D eigenvalue weighted by Gasteiger charge is 2.07. The van der Waals surface area contributed by atoms with Gasteiger partial charge in [0.2, 0.25) is 11.5 Å². The van der Waals surface area contributed by atoms with Crippen LogP contribution in [0.3, 0.4) is 0 Å². The van der Waals surface area contributed by atoms with Gasteiger partial charge < -0.3 is 19.8 Å². The molecule has 2 aromatic carbocycles. The summed E-state index contributed by atoms with van der Waals surface area (Å²) >= 11 is 1.52. The van der Waals surface area contributed by atoms with Crippen molar-refractivity contribution in [2.75, 3.05) is 32.2 Å². The Balaban J connectivity index is 1.68. The zero-order valence-corrected chi connectivity index (χ0v) is 16.6. The molecule has 0 saturated heterocycles.